The maximum absolute atomic E-state index is 11.6. The van der Waals surface area contributed by atoms with Crippen LogP contribution in [0.4, 0.5) is 0 Å². The SMILES string of the molecule is O=C(CC1CCCO1)c1cncnc1. The molecule has 1 aromatic heterocycles. The van der Waals surface area contributed by atoms with Gasteiger partial charge in [-0.1, -0.05) is 0 Å². The van der Waals surface area contributed by atoms with E-state index in [1.54, 1.807) is 12.4 Å². The molecule has 0 N–H and O–H groups in total. The van der Waals surface area contributed by atoms with E-state index < -0.39 is 0 Å². The van der Waals surface area contributed by atoms with Gasteiger partial charge in [0, 0.05) is 25.4 Å². The van der Waals surface area contributed by atoms with Crippen molar-refractivity contribution >= 4 is 5.78 Å². The molecule has 4 nitrogen and oxygen atoms in total. The molecule has 0 aromatic carbocycles. The summed E-state index contributed by atoms with van der Waals surface area (Å²) in [6.45, 7) is 0.781. The number of Topliss-reactive ketones (excluding diaryl/α,β-unsaturated/α-hetero) is 1. The quantitative estimate of drug-likeness (QED) is 0.676. The first-order chi connectivity index (χ1) is 6.86. The third kappa shape index (κ3) is 2.14. The predicted molar refractivity (Wildman–Crippen MR) is 50.0 cm³/mol. The van der Waals surface area contributed by atoms with E-state index in [1.165, 1.54) is 6.33 Å². The highest BCUT2D eigenvalue weighted by Crippen LogP contribution is 2.17. The van der Waals surface area contributed by atoms with Crippen LogP contribution in [0.1, 0.15) is 29.6 Å². The molecule has 2 heterocycles. The maximum Gasteiger partial charge on any atom is 0.168 e. The third-order valence-corrected chi connectivity index (χ3v) is 2.32. The molecule has 0 aliphatic carbocycles. The molecule has 74 valence electrons. The molecule has 4 heteroatoms. The average Bonchev–Trinajstić information content (AvgIpc) is 2.72. The molecule has 1 atom stereocenters. The zero-order chi connectivity index (χ0) is 9.80. The van der Waals surface area contributed by atoms with Gasteiger partial charge in [0.15, 0.2) is 5.78 Å². The smallest absolute Gasteiger partial charge is 0.168 e. The van der Waals surface area contributed by atoms with Crippen LogP contribution in [0.3, 0.4) is 0 Å². The van der Waals surface area contributed by atoms with Crippen LogP contribution in [-0.2, 0) is 4.74 Å². The molecule has 1 saturated heterocycles. The van der Waals surface area contributed by atoms with E-state index >= 15 is 0 Å². The Hall–Kier alpha value is -1.29. The summed E-state index contributed by atoms with van der Waals surface area (Å²) >= 11 is 0. The van der Waals surface area contributed by atoms with Crippen molar-refractivity contribution in [1.82, 2.24) is 9.97 Å². The van der Waals surface area contributed by atoms with Gasteiger partial charge in [-0.15, -0.1) is 0 Å². The van der Waals surface area contributed by atoms with Crippen LogP contribution in [0.25, 0.3) is 0 Å². The van der Waals surface area contributed by atoms with Crippen LogP contribution in [0, 0.1) is 0 Å². The molecule has 1 unspecified atom stereocenters. The number of hydrogen-bond acceptors (Lipinski definition) is 4. The summed E-state index contributed by atoms with van der Waals surface area (Å²) in [6, 6.07) is 0. The molecular weight excluding hydrogens is 180 g/mol. The van der Waals surface area contributed by atoms with Crippen molar-refractivity contribution in [1.29, 1.82) is 0 Å². The molecule has 1 fully saturated rings. The minimum atomic E-state index is 0.0671. The highest BCUT2D eigenvalue weighted by molar-refractivity contribution is 5.95. The maximum atomic E-state index is 11.6. The Morgan fingerprint density at radius 3 is 2.93 bits per heavy atom. The number of ether oxygens (including phenoxy) is 1. The van der Waals surface area contributed by atoms with Crippen molar-refractivity contribution in [2.45, 2.75) is 25.4 Å². The summed E-state index contributed by atoms with van der Waals surface area (Å²) in [7, 11) is 0. The van der Waals surface area contributed by atoms with Crippen molar-refractivity contribution in [2.75, 3.05) is 6.61 Å². The summed E-state index contributed by atoms with van der Waals surface area (Å²) in [5.74, 6) is 0.0671. The fourth-order valence-corrected chi connectivity index (χ4v) is 1.57. The lowest BCUT2D eigenvalue weighted by Gasteiger charge is -2.06. The highest BCUT2D eigenvalue weighted by atomic mass is 16.5. The number of ketones is 1. The molecule has 0 amide bonds. The summed E-state index contributed by atoms with van der Waals surface area (Å²) in [5.41, 5.74) is 0.572. The second-order valence-corrected chi connectivity index (χ2v) is 3.39. The number of carbonyl (C=O) groups is 1. The second-order valence-electron chi connectivity index (χ2n) is 3.39. The van der Waals surface area contributed by atoms with E-state index in [4.69, 9.17) is 4.74 Å². The standard InChI is InChI=1S/C10H12N2O2/c13-10(4-9-2-1-3-14-9)8-5-11-7-12-6-8/h5-7,9H,1-4H2. The monoisotopic (exact) mass is 192 g/mol. The zero-order valence-electron chi connectivity index (χ0n) is 7.85. The minimum Gasteiger partial charge on any atom is -0.378 e. The van der Waals surface area contributed by atoms with Crippen LogP contribution in [0.2, 0.25) is 0 Å². The number of rotatable bonds is 3. The first kappa shape index (κ1) is 9.27. The van der Waals surface area contributed by atoms with Crippen LogP contribution < -0.4 is 0 Å². The fraction of sp³-hybridized carbons (Fsp3) is 0.500. The lowest BCUT2D eigenvalue weighted by molar-refractivity contribution is 0.0775. The Labute approximate surface area is 82.3 Å². The summed E-state index contributed by atoms with van der Waals surface area (Å²) in [6.07, 6.45) is 7.11. The molecule has 1 aliphatic heterocycles. The van der Waals surface area contributed by atoms with Crippen molar-refractivity contribution < 1.29 is 9.53 Å². The van der Waals surface area contributed by atoms with Gasteiger partial charge in [0.05, 0.1) is 11.7 Å². The van der Waals surface area contributed by atoms with Crippen molar-refractivity contribution in [3.05, 3.63) is 24.3 Å². The molecular formula is C10H12N2O2. The number of nitrogens with zero attached hydrogens (tertiary/aromatic N) is 2. The van der Waals surface area contributed by atoms with Crippen LogP contribution in [0.15, 0.2) is 18.7 Å². The number of aromatic nitrogens is 2. The molecule has 0 bridgehead atoms. The Kier molecular flexibility index (Phi) is 2.84. The minimum absolute atomic E-state index is 0.0671. The van der Waals surface area contributed by atoms with Gasteiger partial charge in [0.1, 0.15) is 6.33 Å². The summed E-state index contributed by atoms with van der Waals surface area (Å²) < 4.78 is 5.38. The van der Waals surface area contributed by atoms with E-state index in [-0.39, 0.29) is 11.9 Å². The van der Waals surface area contributed by atoms with Crippen molar-refractivity contribution in [2.24, 2.45) is 0 Å². The molecule has 0 saturated carbocycles. The lowest BCUT2D eigenvalue weighted by atomic mass is 10.1. The Balaban J connectivity index is 1.95. The first-order valence-corrected chi connectivity index (χ1v) is 4.76. The molecule has 2 rings (SSSR count). The Morgan fingerprint density at radius 2 is 2.29 bits per heavy atom. The van der Waals surface area contributed by atoms with Gasteiger partial charge >= 0.3 is 0 Å². The van der Waals surface area contributed by atoms with E-state index in [2.05, 4.69) is 9.97 Å². The van der Waals surface area contributed by atoms with Crippen LogP contribution >= 0.6 is 0 Å². The van der Waals surface area contributed by atoms with E-state index in [9.17, 15) is 4.79 Å². The fourth-order valence-electron chi connectivity index (χ4n) is 1.57. The topological polar surface area (TPSA) is 52.1 Å². The number of hydrogen-bond donors (Lipinski definition) is 0. The highest BCUT2D eigenvalue weighted by Gasteiger charge is 2.19. The van der Waals surface area contributed by atoms with E-state index in [1.807, 2.05) is 0 Å². The van der Waals surface area contributed by atoms with Crippen LogP contribution in [-0.4, -0.2) is 28.5 Å². The Bertz CT molecular complexity index is 307. The van der Waals surface area contributed by atoms with E-state index in [0.717, 1.165) is 19.4 Å². The van der Waals surface area contributed by atoms with Gasteiger partial charge in [-0.05, 0) is 12.8 Å². The molecule has 1 aliphatic rings. The molecule has 1 aromatic rings. The van der Waals surface area contributed by atoms with Crippen molar-refractivity contribution in [3.63, 3.8) is 0 Å². The average molecular weight is 192 g/mol. The summed E-state index contributed by atoms with van der Waals surface area (Å²) in [5, 5.41) is 0. The van der Waals surface area contributed by atoms with Gasteiger partial charge in [-0.2, -0.15) is 0 Å². The largest absolute Gasteiger partial charge is 0.378 e. The third-order valence-electron chi connectivity index (χ3n) is 2.32. The van der Waals surface area contributed by atoms with Gasteiger partial charge in [-0.25, -0.2) is 9.97 Å². The van der Waals surface area contributed by atoms with Gasteiger partial charge in [-0.3, -0.25) is 4.79 Å². The van der Waals surface area contributed by atoms with Crippen LogP contribution in [0.5, 0.6) is 0 Å². The van der Waals surface area contributed by atoms with Gasteiger partial charge in [0.2, 0.25) is 0 Å². The summed E-state index contributed by atoms with van der Waals surface area (Å²) in [4.78, 5) is 19.3. The molecule has 14 heavy (non-hydrogen) atoms. The zero-order valence-corrected chi connectivity index (χ0v) is 7.85. The Morgan fingerprint density at radius 1 is 1.50 bits per heavy atom. The predicted octanol–water partition coefficient (Wildman–Crippen LogP) is 1.23. The first-order valence-electron chi connectivity index (χ1n) is 4.76. The van der Waals surface area contributed by atoms with Gasteiger partial charge < -0.3 is 4.74 Å². The normalized spacial score (nSPS) is 21.0. The second kappa shape index (κ2) is 4.28. The molecule has 0 spiro atoms. The van der Waals surface area contributed by atoms with Crippen molar-refractivity contribution in [3.8, 4) is 0 Å². The molecule has 0 radical (unpaired) electrons. The van der Waals surface area contributed by atoms with Gasteiger partial charge in [0.25, 0.3) is 0 Å². The lowest BCUT2D eigenvalue weighted by Crippen LogP contribution is -2.12. The number of carbonyl (C=O) groups excluding carboxylic acids is 1. The van der Waals surface area contributed by atoms with E-state index in [0.29, 0.717) is 12.0 Å².